The first kappa shape index (κ1) is 14.4. The lowest BCUT2D eigenvalue weighted by atomic mass is 9.99. The number of methoxy groups -OCH3 is 1. The third-order valence-electron chi connectivity index (χ3n) is 2.97. The van der Waals surface area contributed by atoms with Gasteiger partial charge < -0.3 is 10.1 Å². The highest BCUT2D eigenvalue weighted by Crippen LogP contribution is 2.29. The van der Waals surface area contributed by atoms with Crippen molar-refractivity contribution in [2.75, 3.05) is 14.2 Å². The Hall–Kier alpha value is -2.01. The minimum atomic E-state index is -1.46. The molecule has 106 valence electrons. The van der Waals surface area contributed by atoms with Crippen LogP contribution in [0, 0.1) is 17.5 Å². The molecule has 2 rings (SSSR count). The zero-order chi connectivity index (χ0) is 14.7. The molecule has 0 heterocycles. The van der Waals surface area contributed by atoms with Crippen LogP contribution in [0.3, 0.4) is 0 Å². The molecule has 0 saturated heterocycles. The van der Waals surface area contributed by atoms with Gasteiger partial charge in [0, 0.05) is 6.54 Å². The molecule has 2 nitrogen and oxygen atoms in total. The lowest BCUT2D eigenvalue weighted by molar-refractivity contribution is 0.414. The van der Waals surface area contributed by atoms with Crippen molar-refractivity contribution in [2.45, 2.75) is 6.54 Å². The SMILES string of the molecule is CNCc1cc(OC)ccc1-c1cc(F)c(F)c(F)c1. The van der Waals surface area contributed by atoms with Crippen LogP contribution >= 0.6 is 0 Å². The average Bonchev–Trinajstić information content (AvgIpc) is 2.44. The lowest BCUT2D eigenvalue weighted by Gasteiger charge is -2.12. The molecule has 20 heavy (non-hydrogen) atoms. The molecule has 2 aromatic carbocycles. The number of hydrogen-bond donors (Lipinski definition) is 1. The summed E-state index contributed by atoms with van der Waals surface area (Å²) in [6.45, 7) is 0.493. The molecule has 0 atom stereocenters. The van der Waals surface area contributed by atoms with Gasteiger partial charge in [0.25, 0.3) is 0 Å². The summed E-state index contributed by atoms with van der Waals surface area (Å²) in [5, 5.41) is 2.97. The molecule has 0 bridgehead atoms. The standard InChI is InChI=1S/C15H14F3NO/c1-19-8-10-5-11(20-2)3-4-12(10)9-6-13(16)15(18)14(17)7-9/h3-7,19H,8H2,1-2H3. The molecular weight excluding hydrogens is 267 g/mol. The molecule has 0 aromatic heterocycles. The Morgan fingerprint density at radius 3 is 2.25 bits per heavy atom. The Labute approximate surface area is 115 Å². The number of benzene rings is 2. The molecule has 0 spiro atoms. The van der Waals surface area contributed by atoms with E-state index in [2.05, 4.69) is 5.32 Å². The Balaban J connectivity index is 2.56. The fourth-order valence-electron chi connectivity index (χ4n) is 2.03. The number of ether oxygens (including phenoxy) is 1. The fraction of sp³-hybridized carbons (Fsp3) is 0.200. The van der Waals surface area contributed by atoms with Gasteiger partial charge in [-0.2, -0.15) is 0 Å². The van der Waals surface area contributed by atoms with Crippen molar-refractivity contribution < 1.29 is 17.9 Å². The molecule has 0 radical (unpaired) electrons. The Morgan fingerprint density at radius 2 is 1.70 bits per heavy atom. The van der Waals surface area contributed by atoms with Crippen molar-refractivity contribution in [1.29, 1.82) is 0 Å². The number of nitrogens with one attached hydrogen (secondary N) is 1. The highest BCUT2D eigenvalue weighted by Gasteiger charge is 2.14. The molecule has 0 aliphatic carbocycles. The molecule has 0 amide bonds. The third kappa shape index (κ3) is 2.77. The highest BCUT2D eigenvalue weighted by molar-refractivity contribution is 5.68. The topological polar surface area (TPSA) is 21.3 Å². The van der Waals surface area contributed by atoms with Crippen LogP contribution in [-0.4, -0.2) is 14.2 Å². The maximum Gasteiger partial charge on any atom is 0.194 e. The Morgan fingerprint density at radius 1 is 1.05 bits per heavy atom. The van der Waals surface area contributed by atoms with Gasteiger partial charge in [-0.1, -0.05) is 6.07 Å². The van der Waals surface area contributed by atoms with Gasteiger partial charge in [-0.05, 0) is 48.0 Å². The van der Waals surface area contributed by atoms with Gasteiger partial charge in [-0.3, -0.25) is 0 Å². The van der Waals surface area contributed by atoms with Crippen LogP contribution in [0.15, 0.2) is 30.3 Å². The molecule has 0 unspecified atom stereocenters. The molecule has 5 heteroatoms. The van der Waals surface area contributed by atoms with Crippen molar-refractivity contribution in [1.82, 2.24) is 5.32 Å². The second-order valence-electron chi connectivity index (χ2n) is 4.31. The van der Waals surface area contributed by atoms with Crippen molar-refractivity contribution in [3.05, 3.63) is 53.3 Å². The molecule has 0 fully saturated rings. The number of halogens is 3. The van der Waals surface area contributed by atoms with E-state index in [9.17, 15) is 13.2 Å². The molecule has 0 aliphatic rings. The highest BCUT2D eigenvalue weighted by atomic mass is 19.2. The van der Waals surface area contributed by atoms with E-state index >= 15 is 0 Å². The molecule has 0 saturated carbocycles. The largest absolute Gasteiger partial charge is 0.497 e. The molecule has 2 aromatic rings. The Kier molecular flexibility index (Phi) is 4.29. The summed E-state index contributed by atoms with van der Waals surface area (Å²) in [7, 11) is 3.30. The van der Waals surface area contributed by atoms with E-state index in [4.69, 9.17) is 4.74 Å². The van der Waals surface area contributed by atoms with Gasteiger partial charge in [0.05, 0.1) is 7.11 Å². The first-order valence-electron chi connectivity index (χ1n) is 6.03. The van der Waals surface area contributed by atoms with Gasteiger partial charge in [0.1, 0.15) is 5.75 Å². The van der Waals surface area contributed by atoms with Crippen LogP contribution in [0.1, 0.15) is 5.56 Å². The third-order valence-corrected chi connectivity index (χ3v) is 2.97. The zero-order valence-corrected chi connectivity index (χ0v) is 11.1. The first-order valence-corrected chi connectivity index (χ1v) is 6.03. The van der Waals surface area contributed by atoms with E-state index in [1.807, 2.05) is 0 Å². The van der Waals surface area contributed by atoms with E-state index in [1.165, 1.54) is 7.11 Å². The maximum absolute atomic E-state index is 13.3. The molecule has 1 N–H and O–H groups in total. The van der Waals surface area contributed by atoms with E-state index in [0.717, 1.165) is 17.7 Å². The summed E-state index contributed by atoms with van der Waals surface area (Å²) in [5.41, 5.74) is 1.71. The monoisotopic (exact) mass is 281 g/mol. The minimum Gasteiger partial charge on any atom is -0.497 e. The summed E-state index contributed by atoms with van der Waals surface area (Å²) < 4.78 is 44.8. The van der Waals surface area contributed by atoms with Crippen molar-refractivity contribution in [3.63, 3.8) is 0 Å². The second-order valence-corrected chi connectivity index (χ2v) is 4.31. The van der Waals surface area contributed by atoms with E-state index in [1.54, 1.807) is 25.2 Å². The van der Waals surface area contributed by atoms with E-state index in [0.29, 0.717) is 17.9 Å². The second kappa shape index (κ2) is 5.96. The quantitative estimate of drug-likeness (QED) is 0.866. The Bertz CT molecular complexity index is 606. The predicted octanol–water partition coefficient (Wildman–Crippen LogP) is 3.50. The smallest absolute Gasteiger partial charge is 0.194 e. The fourth-order valence-corrected chi connectivity index (χ4v) is 2.03. The van der Waals surface area contributed by atoms with Crippen LogP contribution in [0.25, 0.3) is 11.1 Å². The van der Waals surface area contributed by atoms with Gasteiger partial charge in [0.15, 0.2) is 17.5 Å². The van der Waals surface area contributed by atoms with E-state index in [-0.39, 0.29) is 5.56 Å². The summed E-state index contributed by atoms with van der Waals surface area (Å²) in [5.74, 6) is -3.23. The number of hydrogen-bond acceptors (Lipinski definition) is 2. The van der Waals surface area contributed by atoms with Gasteiger partial charge >= 0.3 is 0 Å². The van der Waals surface area contributed by atoms with Crippen LogP contribution in [0.2, 0.25) is 0 Å². The maximum atomic E-state index is 13.3. The van der Waals surface area contributed by atoms with Gasteiger partial charge in [0.2, 0.25) is 0 Å². The molecular formula is C15H14F3NO. The van der Waals surface area contributed by atoms with Crippen LogP contribution in [0.4, 0.5) is 13.2 Å². The summed E-state index contributed by atoms with van der Waals surface area (Å²) in [6, 6.07) is 7.12. The normalized spacial score (nSPS) is 10.7. The minimum absolute atomic E-state index is 0.286. The van der Waals surface area contributed by atoms with Crippen molar-refractivity contribution in [3.8, 4) is 16.9 Å². The van der Waals surface area contributed by atoms with Crippen molar-refractivity contribution >= 4 is 0 Å². The summed E-state index contributed by atoms with van der Waals surface area (Å²) >= 11 is 0. The average molecular weight is 281 g/mol. The predicted molar refractivity (Wildman–Crippen MR) is 71.1 cm³/mol. The number of rotatable bonds is 4. The van der Waals surface area contributed by atoms with Crippen LogP contribution in [0.5, 0.6) is 5.75 Å². The van der Waals surface area contributed by atoms with Gasteiger partial charge in [-0.15, -0.1) is 0 Å². The summed E-state index contributed by atoms with van der Waals surface area (Å²) in [6.07, 6.45) is 0. The van der Waals surface area contributed by atoms with Crippen LogP contribution < -0.4 is 10.1 Å². The molecule has 0 aliphatic heterocycles. The summed E-state index contributed by atoms with van der Waals surface area (Å²) in [4.78, 5) is 0. The lowest BCUT2D eigenvalue weighted by Crippen LogP contribution is -2.07. The zero-order valence-electron chi connectivity index (χ0n) is 11.1. The van der Waals surface area contributed by atoms with E-state index < -0.39 is 17.5 Å². The van der Waals surface area contributed by atoms with Crippen molar-refractivity contribution in [2.24, 2.45) is 0 Å². The first-order chi connectivity index (χ1) is 9.56. The van der Waals surface area contributed by atoms with Gasteiger partial charge in [-0.25, -0.2) is 13.2 Å². The van der Waals surface area contributed by atoms with Crippen LogP contribution in [-0.2, 0) is 6.54 Å².